The van der Waals surface area contributed by atoms with Gasteiger partial charge >= 0.3 is 6.09 Å². The third-order valence-electron chi connectivity index (χ3n) is 4.12. The van der Waals surface area contributed by atoms with Crippen molar-refractivity contribution in [1.29, 1.82) is 0 Å². The average molecular weight is 333 g/mol. The number of carbonyl (C=O) groups excluding carboxylic acids is 1. The lowest BCUT2D eigenvalue weighted by Crippen LogP contribution is -2.49. The van der Waals surface area contributed by atoms with E-state index in [4.69, 9.17) is 4.74 Å². The Morgan fingerprint density at radius 2 is 2.21 bits per heavy atom. The van der Waals surface area contributed by atoms with Gasteiger partial charge < -0.3 is 20.3 Å². The van der Waals surface area contributed by atoms with Gasteiger partial charge in [-0.05, 0) is 38.3 Å². The maximum atomic E-state index is 11.5. The zero-order valence-corrected chi connectivity index (χ0v) is 14.7. The van der Waals surface area contributed by atoms with Crippen molar-refractivity contribution in [3.8, 4) is 0 Å². The molecule has 0 aromatic carbocycles. The van der Waals surface area contributed by atoms with Gasteiger partial charge in [0.2, 0.25) is 0 Å². The Bertz CT molecular complexity index is 568. The van der Waals surface area contributed by atoms with Crippen LogP contribution >= 0.6 is 0 Å². The Morgan fingerprint density at radius 3 is 2.83 bits per heavy atom. The molecular weight excluding hydrogens is 306 g/mol. The highest BCUT2D eigenvalue weighted by atomic mass is 16.5. The van der Waals surface area contributed by atoms with Crippen molar-refractivity contribution < 1.29 is 9.53 Å². The molecule has 0 spiro atoms. The fourth-order valence-electron chi connectivity index (χ4n) is 2.69. The van der Waals surface area contributed by atoms with Crippen LogP contribution in [0.1, 0.15) is 31.0 Å². The van der Waals surface area contributed by atoms with E-state index in [1.165, 1.54) is 7.11 Å². The predicted molar refractivity (Wildman–Crippen MR) is 93.9 cm³/mol. The molecule has 0 unspecified atom stereocenters. The number of aryl methyl sites for hydroxylation is 1. The summed E-state index contributed by atoms with van der Waals surface area (Å²) in [5, 5.41) is 6.73. The van der Waals surface area contributed by atoms with Crippen LogP contribution < -0.4 is 10.6 Å². The molecule has 2 heterocycles. The van der Waals surface area contributed by atoms with Gasteiger partial charge in [-0.15, -0.1) is 0 Å². The maximum Gasteiger partial charge on any atom is 0.409 e. The lowest BCUT2D eigenvalue weighted by Gasteiger charge is -2.32. The summed E-state index contributed by atoms with van der Waals surface area (Å²) in [5.74, 6) is 0.791. The Kier molecular flexibility index (Phi) is 6.84. The number of hydrogen-bond donors (Lipinski definition) is 2. The van der Waals surface area contributed by atoms with Crippen LogP contribution in [0.5, 0.6) is 0 Å². The maximum absolute atomic E-state index is 11.5. The van der Waals surface area contributed by atoms with Gasteiger partial charge in [0.25, 0.3) is 0 Å². The Balaban J connectivity index is 1.91. The quantitative estimate of drug-likeness (QED) is 0.647. The molecule has 1 aliphatic rings. The SMILES string of the molecule is CCNC(=NCc1ncccc1C)NC1CCN(C(=O)OC)CC1. The number of nitrogens with zero attached hydrogens (tertiary/aromatic N) is 3. The summed E-state index contributed by atoms with van der Waals surface area (Å²) in [5.41, 5.74) is 2.12. The Hall–Kier alpha value is -2.31. The van der Waals surface area contributed by atoms with Crippen molar-refractivity contribution in [3.63, 3.8) is 0 Å². The van der Waals surface area contributed by atoms with E-state index in [0.29, 0.717) is 25.7 Å². The molecule has 0 aliphatic carbocycles. The number of aromatic nitrogens is 1. The predicted octanol–water partition coefficient (Wildman–Crippen LogP) is 1.68. The van der Waals surface area contributed by atoms with Gasteiger partial charge in [-0.25, -0.2) is 9.79 Å². The number of guanidine groups is 1. The number of carbonyl (C=O) groups is 1. The van der Waals surface area contributed by atoms with Gasteiger partial charge in [-0.2, -0.15) is 0 Å². The Morgan fingerprint density at radius 1 is 1.46 bits per heavy atom. The van der Waals surface area contributed by atoms with Crippen molar-refractivity contribution in [2.24, 2.45) is 4.99 Å². The van der Waals surface area contributed by atoms with Crippen molar-refractivity contribution in [2.75, 3.05) is 26.7 Å². The minimum Gasteiger partial charge on any atom is -0.453 e. The molecule has 0 atom stereocenters. The van der Waals surface area contributed by atoms with E-state index in [2.05, 4.69) is 20.6 Å². The number of nitrogens with one attached hydrogen (secondary N) is 2. The highest BCUT2D eigenvalue weighted by Gasteiger charge is 2.23. The number of rotatable bonds is 4. The van der Waals surface area contributed by atoms with E-state index < -0.39 is 0 Å². The van der Waals surface area contributed by atoms with Gasteiger partial charge in [0.05, 0.1) is 19.3 Å². The number of amides is 1. The molecule has 24 heavy (non-hydrogen) atoms. The molecule has 0 bridgehead atoms. The zero-order valence-electron chi connectivity index (χ0n) is 14.7. The van der Waals surface area contributed by atoms with Crippen LogP contribution in [-0.2, 0) is 11.3 Å². The molecule has 1 fully saturated rings. The molecule has 1 aliphatic heterocycles. The molecule has 1 saturated heterocycles. The molecule has 1 amide bonds. The van der Waals surface area contributed by atoms with Crippen molar-refractivity contribution >= 4 is 12.1 Å². The molecule has 0 radical (unpaired) electrons. The molecule has 2 N–H and O–H groups in total. The second-order valence-electron chi connectivity index (χ2n) is 5.84. The number of aliphatic imine (C=N–C) groups is 1. The largest absolute Gasteiger partial charge is 0.453 e. The van der Waals surface area contributed by atoms with Gasteiger partial charge in [-0.1, -0.05) is 6.07 Å². The summed E-state index contributed by atoms with van der Waals surface area (Å²) in [4.78, 5) is 22.3. The van der Waals surface area contributed by atoms with Gasteiger partial charge in [0.1, 0.15) is 0 Å². The first-order chi connectivity index (χ1) is 11.6. The summed E-state index contributed by atoms with van der Waals surface area (Å²) < 4.78 is 4.77. The molecule has 7 nitrogen and oxygen atoms in total. The molecule has 1 aromatic rings. The smallest absolute Gasteiger partial charge is 0.409 e. The van der Waals surface area contributed by atoms with Crippen LogP contribution in [0.4, 0.5) is 4.79 Å². The first-order valence-electron chi connectivity index (χ1n) is 8.42. The van der Waals surface area contributed by atoms with Crippen LogP contribution in [0.2, 0.25) is 0 Å². The Labute approximate surface area is 143 Å². The summed E-state index contributed by atoms with van der Waals surface area (Å²) in [6.45, 7) is 6.83. The third-order valence-corrected chi connectivity index (χ3v) is 4.12. The van der Waals surface area contributed by atoms with Crippen LogP contribution in [0.15, 0.2) is 23.3 Å². The zero-order chi connectivity index (χ0) is 17.4. The highest BCUT2D eigenvalue weighted by molar-refractivity contribution is 5.80. The molecule has 1 aromatic heterocycles. The number of ether oxygens (including phenoxy) is 1. The van der Waals surface area contributed by atoms with E-state index in [9.17, 15) is 4.79 Å². The van der Waals surface area contributed by atoms with Crippen molar-refractivity contribution in [3.05, 3.63) is 29.6 Å². The topological polar surface area (TPSA) is 78.9 Å². The summed E-state index contributed by atoms with van der Waals surface area (Å²) >= 11 is 0. The van der Waals surface area contributed by atoms with E-state index in [1.807, 2.05) is 26.0 Å². The molecule has 132 valence electrons. The van der Waals surface area contributed by atoms with Gasteiger partial charge in [0.15, 0.2) is 5.96 Å². The van der Waals surface area contributed by atoms with Crippen LogP contribution in [-0.4, -0.2) is 54.7 Å². The van der Waals surface area contributed by atoms with E-state index >= 15 is 0 Å². The lowest BCUT2D eigenvalue weighted by molar-refractivity contribution is 0.111. The van der Waals surface area contributed by atoms with E-state index in [0.717, 1.165) is 36.6 Å². The standard InChI is InChI=1S/C17H27N5O2/c1-4-18-16(20-12-15-13(2)6-5-9-19-15)21-14-7-10-22(11-8-14)17(23)24-3/h5-6,9,14H,4,7-8,10-12H2,1-3H3,(H2,18,20,21). The van der Waals surface area contributed by atoms with E-state index in [1.54, 1.807) is 11.1 Å². The number of piperidine rings is 1. The normalized spacial score (nSPS) is 16.0. The van der Waals surface area contributed by atoms with Gasteiger partial charge in [0, 0.05) is 31.9 Å². The van der Waals surface area contributed by atoms with Crippen molar-refractivity contribution in [1.82, 2.24) is 20.5 Å². The lowest BCUT2D eigenvalue weighted by atomic mass is 10.1. The number of methoxy groups -OCH3 is 1. The minimum atomic E-state index is -0.250. The van der Waals surface area contributed by atoms with Gasteiger partial charge in [-0.3, -0.25) is 4.98 Å². The molecule has 7 heteroatoms. The molecule has 2 rings (SSSR count). The summed E-state index contributed by atoms with van der Waals surface area (Å²) in [7, 11) is 1.42. The van der Waals surface area contributed by atoms with E-state index in [-0.39, 0.29) is 6.09 Å². The number of likely N-dealkylation sites (tertiary alicyclic amines) is 1. The average Bonchev–Trinajstić information content (AvgIpc) is 2.61. The summed E-state index contributed by atoms with van der Waals surface area (Å²) in [6, 6.07) is 4.27. The molecule has 0 saturated carbocycles. The monoisotopic (exact) mass is 333 g/mol. The van der Waals surface area contributed by atoms with Crippen molar-refractivity contribution in [2.45, 2.75) is 39.3 Å². The third kappa shape index (κ3) is 5.11. The summed E-state index contributed by atoms with van der Waals surface area (Å²) in [6.07, 6.45) is 3.30. The number of pyridine rings is 1. The fraction of sp³-hybridized carbons (Fsp3) is 0.588. The first kappa shape index (κ1) is 18.0. The van der Waals surface area contributed by atoms with Crippen LogP contribution in [0.25, 0.3) is 0 Å². The number of hydrogen-bond acceptors (Lipinski definition) is 4. The molecular formula is C17H27N5O2. The first-order valence-corrected chi connectivity index (χ1v) is 8.42. The minimum absolute atomic E-state index is 0.250. The second-order valence-corrected chi connectivity index (χ2v) is 5.84. The highest BCUT2D eigenvalue weighted by Crippen LogP contribution is 2.11. The van der Waals surface area contributed by atoms with Crippen LogP contribution in [0.3, 0.4) is 0 Å². The second kappa shape index (κ2) is 9.10. The van der Waals surface area contributed by atoms with Crippen LogP contribution in [0, 0.1) is 6.92 Å². The fourth-order valence-corrected chi connectivity index (χ4v) is 2.69.